The lowest BCUT2D eigenvalue weighted by atomic mass is 10.2. The third-order valence-electron chi connectivity index (χ3n) is 2.02. The molecule has 0 aromatic carbocycles. The lowest BCUT2D eigenvalue weighted by molar-refractivity contribution is -0.116. The van der Waals surface area contributed by atoms with Crippen molar-refractivity contribution < 1.29 is 4.79 Å². The Morgan fingerprint density at radius 3 is 2.68 bits per heavy atom. The molecule has 1 N–H and O–H groups in total. The average Bonchev–Trinajstić information content (AvgIpc) is 2.38. The highest BCUT2D eigenvalue weighted by atomic mass is 16.1. The van der Waals surface area contributed by atoms with Crippen molar-refractivity contribution in [3.8, 4) is 24.2 Å². The fourth-order valence-electron chi connectivity index (χ4n) is 1.11. The van der Waals surface area contributed by atoms with Gasteiger partial charge in [-0.25, -0.2) is 0 Å². The molecule has 0 atom stereocenters. The van der Waals surface area contributed by atoms with E-state index in [1.807, 2.05) is 24.3 Å². The number of carbonyl (C=O) groups excluding carboxylic acids is 1. The fourth-order valence-corrected chi connectivity index (χ4v) is 1.11. The van der Waals surface area contributed by atoms with Crippen molar-refractivity contribution in [3.05, 3.63) is 36.5 Å². The lowest BCUT2D eigenvalue weighted by Crippen LogP contribution is -2.25. The van der Waals surface area contributed by atoms with E-state index >= 15 is 0 Å². The van der Waals surface area contributed by atoms with Gasteiger partial charge in [-0.15, -0.1) is 6.42 Å². The molecule has 0 unspecified atom stereocenters. The number of hydrogen-bond acceptors (Lipinski definition) is 1. The molecule has 0 saturated heterocycles. The van der Waals surface area contributed by atoms with Crippen LogP contribution in [-0.4, -0.2) is 12.5 Å². The van der Waals surface area contributed by atoms with Crippen LogP contribution < -0.4 is 5.32 Å². The van der Waals surface area contributed by atoms with E-state index in [-0.39, 0.29) is 5.91 Å². The highest BCUT2D eigenvalue weighted by Gasteiger charge is 1.96. The average molecular weight is 255 g/mol. The topological polar surface area (TPSA) is 29.1 Å². The Morgan fingerprint density at radius 2 is 2.00 bits per heavy atom. The lowest BCUT2D eigenvalue weighted by Gasteiger charge is -2.03. The van der Waals surface area contributed by atoms with Gasteiger partial charge in [0.05, 0.1) is 0 Å². The van der Waals surface area contributed by atoms with Crippen LogP contribution in [0.25, 0.3) is 0 Å². The van der Waals surface area contributed by atoms with E-state index in [0.717, 1.165) is 12.8 Å². The maximum Gasteiger partial charge on any atom is 0.243 e. The molecule has 0 spiro atoms. The van der Waals surface area contributed by atoms with Gasteiger partial charge in [0, 0.05) is 6.54 Å². The molecule has 0 aliphatic heterocycles. The van der Waals surface area contributed by atoms with Crippen LogP contribution in [-0.2, 0) is 4.79 Å². The second kappa shape index (κ2) is 12.3. The summed E-state index contributed by atoms with van der Waals surface area (Å²) in [5.41, 5.74) is 0. The first-order valence-electron chi connectivity index (χ1n) is 6.39. The smallest absolute Gasteiger partial charge is 0.243 e. The third-order valence-corrected chi connectivity index (χ3v) is 2.02. The molecule has 0 aromatic heterocycles. The highest BCUT2D eigenvalue weighted by Crippen LogP contribution is 1.94. The maximum absolute atomic E-state index is 11.3. The number of nitrogens with one attached hydrogen (secondary N) is 1. The molecule has 2 nitrogen and oxygen atoms in total. The van der Waals surface area contributed by atoms with Gasteiger partial charge >= 0.3 is 0 Å². The van der Waals surface area contributed by atoms with Crippen LogP contribution in [0.4, 0.5) is 0 Å². The maximum atomic E-state index is 11.3. The van der Waals surface area contributed by atoms with Gasteiger partial charge in [-0.05, 0) is 42.8 Å². The Hall–Kier alpha value is -2.19. The molecular weight excluding hydrogens is 234 g/mol. The number of rotatable bonds is 7. The Balaban J connectivity index is 3.68. The minimum absolute atomic E-state index is 0.0258. The van der Waals surface area contributed by atoms with Crippen LogP contribution in [0.2, 0.25) is 0 Å². The molecule has 0 heterocycles. The molecule has 0 aliphatic rings. The van der Waals surface area contributed by atoms with Crippen molar-refractivity contribution in [2.75, 3.05) is 6.54 Å². The summed E-state index contributed by atoms with van der Waals surface area (Å²) in [4.78, 5) is 11.3. The van der Waals surface area contributed by atoms with E-state index in [0.29, 0.717) is 12.5 Å². The van der Waals surface area contributed by atoms with E-state index in [1.54, 1.807) is 12.2 Å². The first kappa shape index (κ1) is 16.8. The van der Waals surface area contributed by atoms with Crippen LogP contribution in [0.5, 0.6) is 0 Å². The molecule has 19 heavy (non-hydrogen) atoms. The zero-order valence-corrected chi connectivity index (χ0v) is 11.6. The van der Waals surface area contributed by atoms with Gasteiger partial charge in [0.1, 0.15) is 0 Å². The van der Waals surface area contributed by atoms with E-state index in [9.17, 15) is 4.79 Å². The monoisotopic (exact) mass is 255 g/mol. The van der Waals surface area contributed by atoms with Gasteiger partial charge in [-0.3, -0.25) is 4.79 Å². The summed E-state index contributed by atoms with van der Waals surface area (Å²) in [5.74, 6) is 7.87. The number of terminal acetylenes is 1. The largest absolute Gasteiger partial charge is 0.352 e. The SMILES string of the molecule is C#CC#C/C=C\C=C\CC/C=C/C(=O)NCC(C)C. The predicted molar refractivity (Wildman–Crippen MR) is 81.1 cm³/mol. The third kappa shape index (κ3) is 13.7. The Labute approximate surface area is 116 Å². The molecule has 100 valence electrons. The standard InChI is InChI=1S/C17H21NO/c1-4-5-6-7-8-9-10-11-12-13-14-17(19)18-15-16(2)3/h1,7-10,13-14,16H,11-12,15H2,2-3H3,(H,18,19)/b8-7-,10-9+,14-13+. The van der Waals surface area contributed by atoms with Crippen molar-refractivity contribution in [1.82, 2.24) is 5.32 Å². The molecule has 0 bridgehead atoms. The van der Waals surface area contributed by atoms with Crippen molar-refractivity contribution in [3.63, 3.8) is 0 Å². The number of unbranched alkanes of at least 4 members (excludes halogenated alkanes) is 1. The normalized spacial score (nSPS) is 10.8. The minimum Gasteiger partial charge on any atom is -0.352 e. The van der Waals surface area contributed by atoms with Crippen LogP contribution in [0.1, 0.15) is 26.7 Å². The van der Waals surface area contributed by atoms with Crippen molar-refractivity contribution in [2.45, 2.75) is 26.7 Å². The van der Waals surface area contributed by atoms with E-state index in [4.69, 9.17) is 6.42 Å². The number of hydrogen-bond donors (Lipinski definition) is 1. The Morgan fingerprint density at radius 1 is 1.26 bits per heavy atom. The van der Waals surface area contributed by atoms with Crippen molar-refractivity contribution >= 4 is 5.91 Å². The summed E-state index contributed by atoms with van der Waals surface area (Å²) >= 11 is 0. The molecule has 0 saturated carbocycles. The van der Waals surface area contributed by atoms with Crippen LogP contribution >= 0.6 is 0 Å². The van der Waals surface area contributed by atoms with Crippen LogP contribution in [0.15, 0.2) is 36.5 Å². The second-order valence-electron chi connectivity index (χ2n) is 4.32. The van der Waals surface area contributed by atoms with Crippen molar-refractivity contribution in [1.29, 1.82) is 0 Å². The van der Waals surface area contributed by atoms with Gasteiger partial charge in [0.25, 0.3) is 0 Å². The van der Waals surface area contributed by atoms with Gasteiger partial charge in [-0.2, -0.15) is 0 Å². The summed E-state index contributed by atoms with van der Waals surface area (Å²) < 4.78 is 0. The first-order valence-corrected chi connectivity index (χ1v) is 6.39. The van der Waals surface area contributed by atoms with Gasteiger partial charge < -0.3 is 5.32 Å². The molecule has 0 rings (SSSR count). The Bertz CT molecular complexity index is 436. The van der Waals surface area contributed by atoms with E-state index in [2.05, 4.69) is 36.9 Å². The summed E-state index contributed by atoms with van der Waals surface area (Å²) in [6.45, 7) is 4.85. The molecule has 0 aliphatic carbocycles. The quantitative estimate of drug-likeness (QED) is 0.322. The zero-order chi connectivity index (χ0) is 14.3. The number of amides is 1. The van der Waals surface area contributed by atoms with Gasteiger partial charge in [0.15, 0.2) is 0 Å². The molecule has 2 heteroatoms. The fraction of sp³-hybridized carbons (Fsp3) is 0.353. The summed E-state index contributed by atoms with van der Waals surface area (Å²) in [7, 11) is 0. The Kier molecular flexibility index (Phi) is 10.9. The van der Waals surface area contributed by atoms with Gasteiger partial charge in [0.2, 0.25) is 5.91 Å². The highest BCUT2D eigenvalue weighted by molar-refractivity contribution is 5.87. The summed E-state index contributed by atoms with van der Waals surface area (Å²) in [5, 5.41) is 2.83. The van der Waals surface area contributed by atoms with Gasteiger partial charge in [-0.1, -0.05) is 44.1 Å². The molecule has 0 aromatic rings. The number of allylic oxidation sites excluding steroid dienone is 5. The summed E-state index contributed by atoms with van der Waals surface area (Å²) in [6.07, 6.45) is 17.6. The molecular formula is C17H21NO. The molecule has 0 fully saturated rings. The predicted octanol–water partition coefficient (Wildman–Crippen LogP) is 2.84. The minimum atomic E-state index is -0.0258. The molecule has 1 amide bonds. The number of carbonyl (C=O) groups is 1. The zero-order valence-electron chi connectivity index (χ0n) is 11.6. The van der Waals surface area contributed by atoms with Crippen LogP contribution in [0, 0.1) is 30.1 Å². The van der Waals surface area contributed by atoms with Crippen molar-refractivity contribution in [2.24, 2.45) is 5.92 Å². The second-order valence-corrected chi connectivity index (χ2v) is 4.32. The summed E-state index contributed by atoms with van der Waals surface area (Å²) in [6, 6.07) is 0. The first-order chi connectivity index (χ1) is 9.16. The van der Waals surface area contributed by atoms with E-state index < -0.39 is 0 Å². The molecule has 0 radical (unpaired) electrons. The van der Waals surface area contributed by atoms with Crippen LogP contribution in [0.3, 0.4) is 0 Å². The van der Waals surface area contributed by atoms with E-state index in [1.165, 1.54) is 0 Å².